The molecule has 0 radical (unpaired) electrons. The summed E-state index contributed by atoms with van der Waals surface area (Å²) in [7, 11) is 0. The number of furan rings is 1. The second-order valence-corrected chi connectivity index (χ2v) is 4.99. The van der Waals surface area contributed by atoms with Crippen molar-refractivity contribution < 1.29 is 13.8 Å². The third-order valence-electron chi connectivity index (χ3n) is 2.65. The van der Waals surface area contributed by atoms with E-state index < -0.39 is 4.92 Å². The van der Waals surface area contributed by atoms with Gasteiger partial charge >= 0.3 is 0 Å². The van der Waals surface area contributed by atoms with Crippen molar-refractivity contribution in [3.8, 4) is 11.7 Å². The fraction of sp³-hybridized carbons (Fsp3) is 0.0769. The van der Waals surface area contributed by atoms with Crippen molar-refractivity contribution in [2.45, 2.75) is 11.0 Å². The molecular formula is C13H9N3O4S. The van der Waals surface area contributed by atoms with E-state index in [0.717, 1.165) is 5.56 Å². The van der Waals surface area contributed by atoms with Crippen molar-refractivity contribution in [1.29, 1.82) is 0 Å². The summed E-state index contributed by atoms with van der Waals surface area (Å²) < 4.78 is 10.6. The number of nitro benzene ring substituents is 1. The Bertz CT molecular complexity index is 737. The highest BCUT2D eigenvalue weighted by atomic mass is 32.2. The van der Waals surface area contributed by atoms with E-state index in [4.69, 9.17) is 8.83 Å². The Morgan fingerprint density at radius 3 is 2.67 bits per heavy atom. The summed E-state index contributed by atoms with van der Waals surface area (Å²) in [6.07, 6.45) is 1.53. The van der Waals surface area contributed by atoms with Gasteiger partial charge in [-0.05, 0) is 17.7 Å². The van der Waals surface area contributed by atoms with Crippen LogP contribution in [0.3, 0.4) is 0 Å². The average Bonchev–Trinajstić information content (AvgIpc) is 3.16. The molecule has 0 unspecified atom stereocenters. The summed E-state index contributed by atoms with van der Waals surface area (Å²) in [5.74, 6) is 1.42. The summed E-state index contributed by atoms with van der Waals surface area (Å²) in [5.41, 5.74) is 1.00. The first kappa shape index (κ1) is 13.4. The number of thioether (sulfide) groups is 1. The molecule has 3 aromatic rings. The fourth-order valence-corrected chi connectivity index (χ4v) is 2.35. The summed E-state index contributed by atoms with van der Waals surface area (Å²) in [6, 6.07) is 9.82. The lowest BCUT2D eigenvalue weighted by molar-refractivity contribution is -0.384. The van der Waals surface area contributed by atoms with Gasteiger partial charge in [0.25, 0.3) is 16.8 Å². The first-order valence-corrected chi connectivity index (χ1v) is 6.94. The number of benzene rings is 1. The lowest BCUT2D eigenvalue weighted by Gasteiger charge is -1.97. The number of rotatable bonds is 5. The maximum atomic E-state index is 10.6. The van der Waals surface area contributed by atoms with Gasteiger partial charge in [0.1, 0.15) is 0 Å². The van der Waals surface area contributed by atoms with E-state index in [-0.39, 0.29) is 5.69 Å². The first-order chi connectivity index (χ1) is 10.2. The van der Waals surface area contributed by atoms with E-state index in [9.17, 15) is 10.1 Å². The summed E-state index contributed by atoms with van der Waals surface area (Å²) >= 11 is 1.35. The quantitative estimate of drug-likeness (QED) is 0.404. The molecule has 0 aliphatic carbocycles. The average molecular weight is 303 g/mol. The van der Waals surface area contributed by atoms with Gasteiger partial charge < -0.3 is 8.83 Å². The molecule has 0 N–H and O–H groups in total. The zero-order valence-electron chi connectivity index (χ0n) is 10.6. The van der Waals surface area contributed by atoms with Gasteiger partial charge in [0.05, 0.1) is 11.2 Å². The van der Waals surface area contributed by atoms with Gasteiger partial charge in [0, 0.05) is 17.9 Å². The fourth-order valence-electron chi connectivity index (χ4n) is 1.63. The molecule has 1 aromatic carbocycles. The van der Waals surface area contributed by atoms with Crippen LogP contribution in [-0.4, -0.2) is 15.1 Å². The van der Waals surface area contributed by atoms with Gasteiger partial charge in [-0.1, -0.05) is 23.9 Å². The minimum Gasteiger partial charge on any atom is -0.459 e. The number of aromatic nitrogens is 2. The van der Waals surface area contributed by atoms with E-state index in [2.05, 4.69) is 10.2 Å². The van der Waals surface area contributed by atoms with Crippen LogP contribution in [0.15, 0.2) is 56.7 Å². The minimum absolute atomic E-state index is 0.0710. The van der Waals surface area contributed by atoms with Crippen LogP contribution in [0.4, 0.5) is 5.69 Å². The van der Waals surface area contributed by atoms with Crippen molar-refractivity contribution in [2.75, 3.05) is 0 Å². The molecule has 21 heavy (non-hydrogen) atoms. The van der Waals surface area contributed by atoms with Crippen LogP contribution in [0.2, 0.25) is 0 Å². The summed E-state index contributed by atoms with van der Waals surface area (Å²) in [5, 5.41) is 18.8. The Balaban J connectivity index is 1.64. The van der Waals surface area contributed by atoms with Crippen LogP contribution in [-0.2, 0) is 5.75 Å². The molecule has 0 spiro atoms. The van der Waals surface area contributed by atoms with Gasteiger partial charge in [0.15, 0.2) is 5.76 Å². The molecule has 106 valence electrons. The number of hydrogen-bond acceptors (Lipinski definition) is 7. The van der Waals surface area contributed by atoms with Crippen LogP contribution in [0, 0.1) is 10.1 Å². The molecule has 0 bridgehead atoms. The molecule has 2 aromatic heterocycles. The van der Waals surface area contributed by atoms with E-state index in [1.807, 2.05) is 0 Å². The number of non-ortho nitro benzene ring substituents is 1. The highest BCUT2D eigenvalue weighted by molar-refractivity contribution is 7.98. The zero-order valence-corrected chi connectivity index (χ0v) is 11.4. The molecule has 0 atom stereocenters. The van der Waals surface area contributed by atoms with Gasteiger partial charge in [0.2, 0.25) is 0 Å². The number of hydrogen-bond donors (Lipinski definition) is 0. The van der Waals surface area contributed by atoms with Crippen LogP contribution < -0.4 is 0 Å². The first-order valence-electron chi connectivity index (χ1n) is 5.96. The maximum Gasteiger partial charge on any atom is 0.284 e. The topological polar surface area (TPSA) is 95.2 Å². The molecule has 0 amide bonds. The third kappa shape index (κ3) is 3.11. The molecule has 0 fully saturated rings. The van der Waals surface area contributed by atoms with Gasteiger partial charge in [-0.2, -0.15) is 0 Å². The van der Waals surface area contributed by atoms with E-state index >= 15 is 0 Å². The highest BCUT2D eigenvalue weighted by Gasteiger charge is 2.11. The predicted molar refractivity (Wildman–Crippen MR) is 74.7 cm³/mol. The second kappa shape index (κ2) is 5.80. The Kier molecular flexibility index (Phi) is 3.69. The molecule has 0 aliphatic rings. The van der Waals surface area contributed by atoms with E-state index in [1.54, 1.807) is 24.3 Å². The number of nitro groups is 1. The van der Waals surface area contributed by atoms with E-state index in [0.29, 0.717) is 22.6 Å². The van der Waals surface area contributed by atoms with Crippen molar-refractivity contribution in [1.82, 2.24) is 10.2 Å². The van der Waals surface area contributed by atoms with Crippen LogP contribution >= 0.6 is 11.8 Å². The van der Waals surface area contributed by atoms with E-state index in [1.165, 1.54) is 30.2 Å². The van der Waals surface area contributed by atoms with Gasteiger partial charge in [-0.15, -0.1) is 10.2 Å². The molecule has 7 nitrogen and oxygen atoms in total. The third-order valence-corrected chi connectivity index (χ3v) is 3.54. The second-order valence-electron chi connectivity index (χ2n) is 4.06. The smallest absolute Gasteiger partial charge is 0.284 e. The molecule has 2 heterocycles. The summed E-state index contributed by atoms with van der Waals surface area (Å²) in [4.78, 5) is 10.1. The maximum absolute atomic E-state index is 10.6. The zero-order chi connectivity index (χ0) is 14.7. The Morgan fingerprint density at radius 2 is 2.00 bits per heavy atom. The van der Waals surface area contributed by atoms with Crippen LogP contribution in [0.5, 0.6) is 0 Å². The SMILES string of the molecule is O=[N+]([O-])c1ccc(CSc2nnc(-c3ccco3)o2)cc1. The monoisotopic (exact) mass is 303 g/mol. The Hall–Kier alpha value is -2.61. The molecular weight excluding hydrogens is 294 g/mol. The lowest BCUT2D eigenvalue weighted by Crippen LogP contribution is -1.88. The standard InChI is InChI=1S/C13H9N3O4S/c17-16(18)10-5-3-9(4-6-10)8-21-13-15-14-12(20-13)11-2-1-7-19-11/h1-7H,8H2. The van der Waals surface area contributed by atoms with Crippen molar-refractivity contribution >= 4 is 17.4 Å². The van der Waals surface area contributed by atoms with Crippen molar-refractivity contribution in [3.63, 3.8) is 0 Å². The van der Waals surface area contributed by atoms with Crippen LogP contribution in [0.25, 0.3) is 11.7 Å². The molecule has 0 saturated heterocycles. The highest BCUT2D eigenvalue weighted by Crippen LogP contribution is 2.26. The normalized spacial score (nSPS) is 10.7. The largest absolute Gasteiger partial charge is 0.459 e. The van der Waals surface area contributed by atoms with Gasteiger partial charge in [-0.25, -0.2) is 0 Å². The molecule has 3 rings (SSSR count). The molecule has 0 aliphatic heterocycles. The van der Waals surface area contributed by atoms with Crippen molar-refractivity contribution in [3.05, 3.63) is 58.3 Å². The number of nitrogens with zero attached hydrogens (tertiary/aromatic N) is 3. The Morgan fingerprint density at radius 1 is 1.19 bits per heavy atom. The Labute approximate surface area is 123 Å². The summed E-state index contributed by atoms with van der Waals surface area (Å²) in [6.45, 7) is 0. The lowest BCUT2D eigenvalue weighted by atomic mass is 10.2. The predicted octanol–water partition coefficient (Wildman–Crippen LogP) is 3.53. The minimum atomic E-state index is -0.426. The molecule has 0 saturated carbocycles. The van der Waals surface area contributed by atoms with Gasteiger partial charge in [-0.3, -0.25) is 10.1 Å². The van der Waals surface area contributed by atoms with Crippen LogP contribution in [0.1, 0.15) is 5.56 Å². The van der Waals surface area contributed by atoms with Crippen molar-refractivity contribution in [2.24, 2.45) is 0 Å². The molecule has 8 heteroatoms.